The first-order chi connectivity index (χ1) is 22.1. The number of anilines is 2. The van der Waals surface area contributed by atoms with Crippen LogP contribution >= 0.6 is 11.3 Å². The second kappa shape index (κ2) is 16.7. The summed E-state index contributed by atoms with van der Waals surface area (Å²) in [7, 11) is 4.15. The topological polar surface area (TPSA) is 143 Å². The number of hydrogen-bond acceptors (Lipinski definition) is 9. The van der Waals surface area contributed by atoms with Gasteiger partial charge in [0.25, 0.3) is 0 Å². The molecule has 4 aromatic rings. The smallest absolute Gasteiger partial charge is 0.335 e. The van der Waals surface area contributed by atoms with E-state index in [-0.39, 0.29) is 0 Å². The molecule has 9 nitrogen and oxygen atoms in total. The largest absolute Gasteiger partial charge is 0.478 e. The number of benzene rings is 3. The summed E-state index contributed by atoms with van der Waals surface area (Å²) in [6, 6.07) is 24.9. The SMILES string of the molecule is CN(Cc1ccc(C2CCCCC2)cc1)c1ccc(-c2csc(N(C)Cc3ccc(C(=O)O)cc3)n2)cc1.NC(CO)(CO)CO. The van der Waals surface area contributed by atoms with Gasteiger partial charge in [-0.1, -0.05) is 67.8 Å². The zero-order valence-electron chi connectivity index (χ0n) is 26.7. The van der Waals surface area contributed by atoms with E-state index in [4.69, 9.17) is 31.1 Å². The molecule has 5 rings (SSSR count). The van der Waals surface area contributed by atoms with E-state index in [1.807, 2.05) is 19.2 Å². The highest BCUT2D eigenvalue weighted by atomic mass is 32.1. The van der Waals surface area contributed by atoms with Crippen LogP contribution in [0.15, 0.2) is 78.2 Å². The fourth-order valence-electron chi connectivity index (χ4n) is 5.40. The van der Waals surface area contributed by atoms with Crippen molar-refractivity contribution in [2.45, 2.75) is 56.7 Å². The molecule has 1 aliphatic carbocycles. The highest BCUT2D eigenvalue weighted by molar-refractivity contribution is 7.14. The molecule has 0 unspecified atom stereocenters. The quantitative estimate of drug-likeness (QED) is 0.135. The summed E-state index contributed by atoms with van der Waals surface area (Å²) < 4.78 is 0. The predicted molar refractivity (Wildman–Crippen MR) is 186 cm³/mol. The number of aliphatic hydroxyl groups is 3. The fourth-order valence-corrected chi connectivity index (χ4v) is 6.20. The molecule has 0 saturated heterocycles. The van der Waals surface area contributed by atoms with Gasteiger partial charge in [-0.25, -0.2) is 9.78 Å². The number of thiazole rings is 1. The summed E-state index contributed by atoms with van der Waals surface area (Å²) in [5, 5.41) is 37.1. The van der Waals surface area contributed by atoms with E-state index < -0.39 is 31.3 Å². The third kappa shape index (κ3) is 9.60. The Morgan fingerprint density at radius 1 is 0.826 bits per heavy atom. The molecule has 10 heteroatoms. The Hall–Kier alpha value is -3.80. The Morgan fingerprint density at radius 2 is 1.37 bits per heavy atom. The van der Waals surface area contributed by atoms with Crippen molar-refractivity contribution < 1.29 is 25.2 Å². The van der Waals surface area contributed by atoms with Crippen molar-refractivity contribution in [1.82, 2.24) is 4.98 Å². The number of hydrogen-bond donors (Lipinski definition) is 5. The normalized spacial score (nSPS) is 13.5. The predicted octanol–water partition coefficient (Wildman–Crippen LogP) is 5.49. The van der Waals surface area contributed by atoms with Crippen LogP contribution in [-0.2, 0) is 13.1 Å². The lowest BCUT2D eigenvalue weighted by Gasteiger charge is -2.23. The van der Waals surface area contributed by atoms with Crippen LogP contribution in [0.5, 0.6) is 0 Å². The molecule has 0 aliphatic heterocycles. The first-order valence-electron chi connectivity index (χ1n) is 15.7. The number of aliphatic hydroxyl groups excluding tert-OH is 3. The van der Waals surface area contributed by atoms with Crippen molar-refractivity contribution in [1.29, 1.82) is 0 Å². The van der Waals surface area contributed by atoms with Crippen molar-refractivity contribution in [2.24, 2.45) is 5.73 Å². The van der Waals surface area contributed by atoms with Crippen molar-refractivity contribution in [3.63, 3.8) is 0 Å². The highest BCUT2D eigenvalue weighted by Gasteiger charge is 2.21. The van der Waals surface area contributed by atoms with Gasteiger partial charge in [0.2, 0.25) is 0 Å². The number of nitrogens with two attached hydrogens (primary N) is 1. The van der Waals surface area contributed by atoms with Gasteiger partial charge in [0.1, 0.15) is 0 Å². The molecule has 1 fully saturated rings. The number of rotatable bonds is 12. The summed E-state index contributed by atoms with van der Waals surface area (Å²) in [5.41, 5.74) is 11.4. The molecule has 0 spiro atoms. The molecule has 1 heterocycles. The minimum atomic E-state index is -1.21. The number of aromatic carboxylic acids is 1. The van der Waals surface area contributed by atoms with Crippen molar-refractivity contribution in [3.8, 4) is 11.3 Å². The summed E-state index contributed by atoms with van der Waals surface area (Å²) >= 11 is 1.61. The van der Waals surface area contributed by atoms with E-state index in [9.17, 15) is 4.79 Å². The number of nitrogens with zero attached hydrogens (tertiary/aromatic N) is 3. The second-order valence-corrected chi connectivity index (χ2v) is 13.0. The molecular weight excluding hydrogens is 600 g/mol. The van der Waals surface area contributed by atoms with E-state index in [0.29, 0.717) is 12.1 Å². The van der Waals surface area contributed by atoms with Gasteiger partial charge in [-0.15, -0.1) is 11.3 Å². The molecule has 0 atom stereocenters. The maximum absolute atomic E-state index is 11.1. The number of carbonyl (C=O) groups is 1. The number of carboxylic acids is 1. The van der Waals surface area contributed by atoms with Gasteiger partial charge in [0.05, 0.1) is 36.6 Å². The first kappa shape index (κ1) is 35.1. The molecule has 1 aliphatic rings. The highest BCUT2D eigenvalue weighted by Crippen LogP contribution is 2.33. The van der Waals surface area contributed by atoms with Gasteiger partial charge in [-0.05, 0) is 59.7 Å². The Bertz CT molecular complexity index is 1490. The third-order valence-electron chi connectivity index (χ3n) is 8.46. The van der Waals surface area contributed by atoms with Crippen LogP contribution in [0.1, 0.15) is 65.1 Å². The fraction of sp³-hybridized carbons (Fsp3) is 0.389. The molecule has 1 saturated carbocycles. The van der Waals surface area contributed by atoms with Crippen LogP contribution in [-0.4, -0.2) is 70.8 Å². The van der Waals surface area contributed by atoms with Crippen LogP contribution in [0.4, 0.5) is 10.8 Å². The minimum absolute atomic E-state index is 0.301. The van der Waals surface area contributed by atoms with Crippen molar-refractivity contribution in [3.05, 3.63) is 100 Å². The first-order valence-corrected chi connectivity index (χ1v) is 16.5. The molecule has 0 bridgehead atoms. The van der Waals surface area contributed by atoms with E-state index in [1.165, 1.54) is 48.9 Å². The van der Waals surface area contributed by atoms with Gasteiger partial charge in [0, 0.05) is 43.8 Å². The van der Waals surface area contributed by atoms with Crippen LogP contribution in [0.2, 0.25) is 0 Å². The van der Waals surface area contributed by atoms with E-state index in [0.717, 1.165) is 34.4 Å². The summed E-state index contributed by atoms with van der Waals surface area (Å²) in [6.45, 7) is 0.335. The average Bonchev–Trinajstić information content (AvgIpc) is 3.60. The Labute approximate surface area is 275 Å². The maximum atomic E-state index is 11.1. The molecule has 246 valence electrons. The zero-order valence-corrected chi connectivity index (χ0v) is 27.5. The summed E-state index contributed by atoms with van der Waals surface area (Å²) in [5.74, 6) is -0.158. The summed E-state index contributed by atoms with van der Waals surface area (Å²) in [4.78, 5) is 20.3. The monoisotopic (exact) mass is 646 g/mol. The van der Waals surface area contributed by atoms with Crippen LogP contribution < -0.4 is 15.5 Å². The molecule has 0 amide bonds. The standard InChI is InChI=1S/C32H35N3O2S.C4H11NO3/c1-34(20-23-8-12-26(13-9-23)25-6-4-3-5-7-25)29-18-16-27(17-19-29)30-22-38-32(33-30)35(2)21-24-10-14-28(15-11-24)31(36)37;5-4(1-6,2-7)3-8/h8-19,22,25H,3-7,20-21H2,1-2H3,(H,36,37);6-8H,1-3,5H2. The van der Waals surface area contributed by atoms with E-state index in [1.54, 1.807) is 23.5 Å². The van der Waals surface area contributed by atoms with Crippen molar-refractivity contribution >= 4 is 28.1 Å². The van der Waals surface area contributed by atoms with E-state index in [2.05, 4.69) is 70.8 Å². The summed E-state index contributed by atoms with van der Waals surface area (Å²) in [6.07, 6.45) is 6.81. The van der Waals surface area contributed by atoms with Crippen LogP contribution in [0, 0.1) is 0 Å². The number of aromatic nitrogens is 1. The second-order valence-electron chi connectivity index (χ2n) is 12.2. The molecule has 46 heavy (non-hydrogen) atoms. The molecular formula is C36H46N4O5S. The number of carboxylic acid groups (broad SMARTS) is 1. The third-order valence-corrected chi connectivity index (χ3v) is 9.42. The Balaban J connectivity index is 0.000000533. The molecule has 1 aromatic heterocycles. The lowest BCUT2D eigenvalue weighted by atomic mass is 9.84. The van der Waals surface area contributed by atoms with Crippen molar-refractivity contribution in [2.75, 3.05) is 43.7 Å². The lowest BCUT2D eigenvalue weighted by molar-refractivity contribution is 0.0692. The zero-order chi connectivity index (χ0) is 33.1. The van der Waals surface area contributed by atoms with Gasteiger partial charge in [0.15, 0.2) is 5.13 Å². The van der Waals surface area contributed by atoms with Crippen LogP contribution in [0.3, 0.4) is 0 Å². The van der Waals surface area contributed by atoms with Gasteiger partial charge in [-0.3, -0.25) is 0 Å². The molecule has 0 radical (unpaired) electrons. The van der Waals surface area contributed by atoms with Gasteiger partial charge >= 0.3 is 5.97 Å². The average molecular weight is 647 g/mol. The maximum Gasteiger partial charge on any atom is 0.335 e. The van der Waals surface area contributed by atoms with E-state index >= 15 is 0 Å². The van der Waals surface area contributed by atoms with Crippen LogP contribution in [0.25, 0.3) is 11.3 Å². The Morgan fingerprint density at radius 3 is 1.89 bits per heavy atom. The Kier molecular flexibility index (Phi) is 12.7. The van der Waals surface area contributed by atoms with Gasteiger partial charge < -0.3 is 36.0 Å². The molecule has 3 aromatic carbocycles. The molecule has 6 N–H and O–H groups in total. The lowest BCUT2D eigenvalue weighted by Crippen LogP contribution is -2.50. The minimum Gasteiger partial charge on any atom is -0.478 e. The van der Waals surface area contributed by atoms with Gasteiger partial charge in [-0.2, -0.15) is 0 Å².